The van der Waals surface area contributed by atoms with E-state index >= 15 is 0 Å². The van der Waals surface area contributed by atoms with Gasteiger partial charge in [-0.15, -0.1) is 0 Å². The minimum atomic E-state index is -0.596. The van der Waals surface area contributed by atoms with Crippen molar-refractivity contribution in [1.82, 2.24) is 5.32 Å². The summed E-state index contributed by atoms with van der Waals surface area (Å²) in [7, 11) is 0. The van der Waals surface area contributed by atoms with Crippen LogP contribution in [0.5, 0.6) is 0 Å². The summed E-state index contributed by atoms with van der Waals surface area (Å²) in [4.78, 5) is 23.6. The first kappa shape index (κ1) is 18.9. The van der Waals surface area contributed by atoms with Gasteiger partial charge in [0.1, 0.15) is 6.04 Å². The second-order valence-electron chi connectivity index (χ2n) is 5.59. The lowest BCUT2D eigenvalue weighted by molar-refractivity contribution is -0.149. The Morgan fingerprint density at radius 2 is 1.83 bits per heavy atom. The Kier molecular flexibility index (Phi) is 8.68. The molecular weight excluding hydrogens is 292 g/mol. The van der Waals surface area contributed by atoms with E-state index in [4.69, 9.17) is 10.5 Å². The maximum Gasteiger partial charge on any atom is 0.323 e. The van der Waals surface area contributed by atoms with Crippen molar-refractivity contribution in [1.29, 1.82) is 0 Å². The van der Waals surface area contributed by atoms with Gasteiger partial charge in [-0.05, 0) is 45.3 Å². The zero-order valence-corrected chi connectivity index (χ0v) is 13.8. The Balaban J connectivity index is 2.22. The summed E-state index contributed by atoms with van der Waals surface area (Å²) in [6.45, 7) is 4.14. The number of hydrogen-bond donors (Lipinski definition) is 2. The Hall–Kier alpha value is -2.14. The van der Waals surface area contributed by atoms with E-state index in [2.05, 4.69) is 5.32 Å². The van der Waals surface area contributed by atoms with Crippen molar-refractivity contribution in [2.24, 2.45) is 5.73 Å². The first-order chi connectivity index (χ1) is 11.0. The minimum absolute atomic E-state index is 0.107. The fraction of sp³-hybridized carbons (Fsp3) is 0.444. The molecule has 5 heteroatoms. The van der Waals surface area contributed by atoms with Crippen LogP contribution in [-0.4, -0.2) is 30.6 Å². The van der Waals surface area contributed by atoms with Crippen molar-refractivity contribution >= 4 is 11.9 Å². The van der Waals surface area contributed by atoms with Gasteiger partial charge in [0, 0.05) is 12.1 Å². The molecule has 0 saturated heterocycles. The molecule has 0 aromatic heterocycles. The lowest BCUT2D eigenvalue weighted by Gasteiger charge is -2.13. The molecule has 0 heterocycles. The molecule has 0 aromatic carbocycles. The number of amides is 1. The number of nitrogens with one attached hydrogen (secondary N) is 1. The van der Waals surface area contributed by atoms with E-state index in [0.29, 0.717) is 18.5 Å². The molecule has 1 aliphatic rings. The fourth-order valence-electron chi connectivity index (χ4n) is 1.95. The Morgan fingerprint density at radius 3 is 2.57 bits per heavy atom. The smallest absolute Gasteiger partial charge is 0.323 e. The van der Waals surface area contributed by atoms with E-state index in [1.165, 1.54) is 0 Å². The molecule has 0 radical (unpaired) electrons. The van der Waals surface area contributed by atoms with E-state index in [0.717, 1.165) is 12.8 Å². The number of esters is 1. The number of allylic oxidation sites excluding steroid dienone is 6. The van der Waals surface area contributed by atoms with Crippen LogP contribution >= 0.6 is 0 Å². The maximum absolute atomic E-state index is 12.0. The van der Waals surface area contributed by atoms with E-state index in [-0.39, 0.29) is 18.0 Å². The van der Waals surface area contributed by atoms with Gasteiger partial charge in [0.25, 0.3) is 5.91 Å². The van der Waals surface area contributed by atoms with E-state index in [1.807, 2.05) is 30.4 Å². The predicted molar refractivity (Wildman–Crippen MR) is 91.6 cm³/mol. The van der Waals surface area contributed by atoms with Gasteiger partial charge in [0.15, 0.2) is 0 Å². The van der Waals surface area contributed by atoms with Crippen molar-refractivity contribution in [2.45, 2.75) is 45.3 Å². The van der Waals surface area contributed by atoms with Crippen molar-refractivity contribution < 1.29 is 14.3 Å². The fourth-order valence-corrected chi connectivity index (χ4v) is 1.95. The van der Waals surface area contributed by atoms with Gasteiger partial charge in [-0.1, -0.05) is 30.4 Å². The van der Waals surface area contributed by atoms with E-state index in [9.17, 15) is 9.59 Å². The van der Waals surface area contributed by atoms with Crippen molar-refractivity contribution in [2.75, 3.05) is 6.54 Å². The van der Waals surface area contributed by atoms with Crippen molar-refractivity contribution in [3.8, 4) is 0 Å². The maximum atomic E-state index is 12.0. The second-order valence-corrected chi connectivity index (χ2v) is 5.59. The number of rotatable bonds is 8. The number of carbonyl (C=O) groups is 2. The quantitative estimate of drug-likeness (QED) is 0.531. The van der Waals surface area contributed by atoms with Crippen molar-refractivity contribution in [3.05, 3.63) is 48.1 Å². The topological polar surface area (TPSA) is 81.4 Å². The Labute approximate surface area is 138 Å². The van der Waals surface area contributed by atoms with Crippen LogP contribution < -0.4 is 11.1 Å². The van der Waals surface area contributed by atoms with Crippen LogP contribution in [0.1, 0.15) is 33.1 Å². The van der Waals surface area contributed by atoms with Gasteiger partial charge in [-0.2, -0.15) is 0 Å². The number of unbranched alkanes of at least 4 members (excludes halogenated alkanes) is 1. The average molecular weight is 318 g/mol. The van der Waals surface area contributed by atoms with Crippen LogP contribution in [0.25, 0.3) is 0 Å². The lowest BCUT2D eigenvalue weighted by Crippen LogP contribution is -2.34. The zero-order valence-electron chi connectivity index (χ0n) is 13.8. The normalized spacial score (nSPS) is 17.7. The van der Waals surface area contributed by atoms with Crippen molar-refractivity contribution in [3.63, 3.8) is 0 Å². The molecule has 0 bridgehead atoms. The number of hydrogen-bond acceptors (Lipinski definition) is 4. The molecule has 3 N–H and O–H groups in total. The molecule has 1 unspecified atom stereocenters. The van der Waals surface area contributed by atoms with Gasteiger partial charge in [-0.25, -0.2) is 0 Å². The summed E-state index contributed by atoms with van der Waals surface area (Å²) in [5.41, 5.74) is 6.38. The minimum Gasteiger partial charge on any atom is -0.462 e. The third kappa shape index (κ3) is 8.16. The third-order valence-electron chi connectivity index (χ3n) is 3.14. The van der Waals surface area contributed by atoms with E-state index < -0.39 is 6.04 Å². The van der Waals surface area contributed by atoms with Gasteiger partial charge in [-0.3, -0.25) is 9.59 Å². The first-order valence-electron chi connectivity index (χ1n) is 7.96. The van der Waals surface area contributed by atoms with Gasteiger partial charge < -0.3 is 15.8 Å². The highest BCUT2D eigenvalue weighted by molar-refractivity contribution is 5.96. The summed E-state index contributed by atoms with van der Waals surface area (Å²) in [5, 5.41) is 2.86. The highest BCUT2D eigenvalue weighted by atomic mass is 16.5. The molecule has 0 aliphatic heterocycles. The van der Waals surface area contributed by atoms with Gasteiger partial charge in [0.05, 0.1) is 6.10 Å². The Bertz CT molecular complexity index is 516. The molecule has 5 nitrogen and oxygen atoms in total. The average Bonchev–Trinajstić information content (AvgIpc) is 2.45. The first-order valence-corrected chi connectivity index (χ1v) is 7.96. The highest BCUT2D eigenvalue weighted by Gasteiger charge is 2.15. The van der Waals surface area contributed by atoms with Crippen LogP contribution in [-0.2, 0) is 14.3 Å². The summed E-state index contributed by atoms with van der Waals surface area (Å²) in [6.07, 6.45) is 14.8. The predicted octanol–water partition coefficient (Wildman–Crippen LogP) is 2.16. The van der Waals surface area contributed by atoms with Crippen LogP contribution in [0.15, 0.2) is 48.1 Å². The second kappa shape index (κ2) is 10.6. The Morgan fingerprint density at radius 1 is 1.13 bits per heavy atom. The standard InChI is InChI=1S/C18H26N2O3/c1-14(2)23-18(22)16(19)12-8-9-13-20-17(21)15-10-6-4-3-5-7-11-15/h3-7,10-11,14,16H,8-9,12-13,19H2,1-2H3,(H,20,21)/b4-3-,5-3?,6-4?,7-5-,10-6?,11-7?,15-10?,15-11?. The number of carbonyl (C=O) groups excluding carboxylic acids is 2. The molecule has 1 aliphatic carbocycles. The molecule has 126 valence electrons. The number of ether oxygens (including phenoxy) is 1. The molecule has 23 heavy (non-hydrogen) atoms. The summed E-state index contributed by atoms with van der Waals surface area (Å²) in [5.74, 6) is -0.474. The molecule has 1 amide bonds. The molecule has 1 rings (SSSR count). The lowest BCUT2D eigenvalue weighted by atomic mass is 10.1. The number of nitrogens with two attached hydrogens (primary N) is 1. The largest absolute Gasteiger partial charge is 0.462 e. The van der Waals surface area contributed by atoms with Crippen LogP contribution in [0.3, 0.4) is 0 Å². The summed E-state index contributed by atoms with van der Waals surface area (Å²) in [6, 6.07) is -0.596. The monoisotopic (exact) mass is 318 g/mol. The highest BCUT2D eigenvalue weighted by Crippen LogP contribution is 2.04. The molecule has 0 aromatic rings. The molecule has 0 saturated carbocycles. The molecule has 0 spiro atoms. The zero-order chi connectivity index (χ0) is 17.1. The van der Waals surface area contributed by atoms with Crippen LogP contribution in [0.2, 0.25) is 0 Å². The summed E-state index contributed by atoms with van der Waals surface area (Å²) < 4.78 is 5.05. The molecule has 1 atom stereocenters. The van der Waals surface area contributed by atoms with Crippen LogP contribution in [0, 0.1) is 0 Å². The van der Waals surface area contributed by atoms with Gasteiger partial charge >= 0.3 is 5.97 Å². The SMILES string of the molecule is CC(C)OC(=O)C(N)CCCCNC(=O)C1=C/C=C\C=C/C=C1. The molecular formula is C18H26N2O3. The van der Waals surface area contributed by atoms with E-state index in [1.54, 1.807) is 26.0 Å². The summed E-state index contributed by atoms with van der Waals surface area (Å²) >= 11 is 0. The third-order valence-corrected chi connectivity index (χ3v) is 3.14. The van der Waals surface area contributed by atoms with Gasteiger partial charge in [0.2, 0.25) is 0 Å². The molecule has 0 fully saturated rings. The van der Waals surface area contributed by atoms with Crippen LogP contribution in [0.4, 0.5) is 0 Å².